The van der Waals surface area contributed by atoms with E-state index in [1.54, 1.807) is 6.92 Å². The average molecular weight is 619 g/mol. The highest BCUT2D eigenvalue weighted by atomic mass is 32.2. The summed E-state index contributed by atoms with van der Waals surface area (Å²) in [5.41, 5.74) is 3.16. The van der Waals surface area contributed by atoms with Crippen LogP contribution < -0.4 is 24.7 Å². The third-order valence-electron chi connectivity index (χ3n) is 9.46. The number of alkyl halides is 2. The molecule has 1 amide bonds. The Morgan fingerprint density at radius 2 is 1.70 bits per heavy atom. The van der Waals surface area contributed by atoms with Crippen LogP contribution in [-0.4, -0.2) is 82.8 Å². The van der Waals surface area contributed by atoms with E-state index in [0.717, 1.165) is 50.1 Å². The molecule has 1 aromatic carbocycles. The Morgan fingerprint density at radius 1 is 1.02 bits per heavy atom. The van der Waals surface area contributed by atoms with Crippen LogP contribution in [-0.2, 0) is 16.4 Å². The number of rotatable bonds is 8. The van der Waals surface area contributed by atoms with E-state index in [2.05, 4.69) is 19.8 Å². The van der Waals surface area contributed by atoms with Crippen LogP contribution in [0.4, 0.5) is 31.8 Å². The summed E-state index contributed by atoms with van der Waals surface area (Å²) in [6.45, 7) is 3.80. The van der Waals surface area contributed by atoms with Crippen LogP contribution in [0.15, 0.2) is 29.2 Å². The molecule has 1 saturated carbocycles. The number of carbonyl (C=O) groups excluding carboxylic acids is 1. The highest BCUT2D eigenvalue weighted by Gasteiger charge is 2.45. The van der Waals surface area contributed by atoms with Gasteiger partial charge in [0.25, 0.3) is 11.8 Å². The van der Waals surface area contributed by atoms with Gasteiger partial charge in [-0.1, -0.05) is 0 Å². The van der Waals surface area contributed by atoms with E-state index in [9.17, 15) is 27.1 Å². The van der Waals surface area contributed by atoms with Crippen molar-refractivity contribution in [1.29, 1.82) is 0 Å². The van der Waals surface area contributed by atoms with E-state index in [1.165, 1.54) is 31.0 Å². The van der Waals surface area contributed by atoms with Crippen molar-refractivity contribution in [3.63, 3.8) is 0 Å². The number of anilines is 4. The second-order valence-corrected chi connectivity index (χ2v) is 14.4. The van der Waals surface area contributed by atoms with Crippen molar-refractivity contribution in [2.24, 2.45) is 5.41 Å². The number of carbonyl (C=O) groups is 1. The Balaban J connectivity index is 1.31. The first kappa shape index (κ1) is 30.0. The number of sulfonamides is 1. The van der Waals surface area contributed by atoms with E-state index in [-0.39, 0.29) is 37.4 Å². The molecule has 10 nitrogen and oxygen atoms in total. The van der Waals surface area contributed by atoms with Crippen molar-refractivity contribution in [1.82, 2.24) is 9.71 Å². The Kier molecular flexibility index (Phi) is 7.79. The molecule has 3 aliphatic heterocycles. The summed E-state index contributed by atoms with van der Waals surface area (Å²) in [5, 5.41) is 12.3. The van der Waals surface area contributed by atoms with E-state index >= 15 is 0 Å². The number of amides is 1. The van der Waals surface area contributed by atoms with Crippen molar-refractivity contribution in [2.75, 3.05) is 66.4 Å². The van der Waals surface area contributed by atoms with Gasteiger partial charge >= 0.3 is 0 Å². The number of pyridine rings is 1. The topological polar surface area (TPSA) is 118 Å². The first-order valence-electron chi connectivity index (χ1n) is 15.1. The van der Waals surface area contributed by atoms with Gasteiger partial charge in [-0.25, -0.2) is 26.9 Å². The van der Waals surface area contributed by atoms with Gasteiger partial charge in [-0.05, 0) is 74.3 Å². The second-order valence-electron chi connectivity index (χ2n) is 12.7. The molecular formula is C30H40F2N6O4S. The van der Waals surface area contributed by atoms with Crippen molar-refractivity contribution in [3.8, 4) is 0 Å². The maximum Gasteiger partial charge on any atom is 0.258 e. The Bertz CT molecular complexity index is 1500. The number of aliphatic hydroxyl groups is 1. The first-order chi connectivity index (χ1) is 20.4. The quantitative estimate of drug-likeness (QED) is 0.411. The number of nitrogens with zero attached hydrogens (tertiary/aromatic N) is 4. The van der Waals surface area contributed by atoms with Crippen molar-refractivity contribution < 1.29 is 27.1 Å². The summed E-state index contributed by atoms with van der Waals surface area (Å²) < 4.78 is 56.5. The number of hydrogen-bond acceptors (Lipinski definition) is 8. The van der Waals surface area contributed by atoms with Crippen molar-refractivity contribution >= 4 is 38.9 Å². The summed E-state index contributed by atoms with van der Waals surface area (Å²) in [6.07, 6.45) is 4.66. The predicted molar refractivity (Wildman–Crippen MR) is 162 cm³/mol. The lowest BCUT2D eigenvalue weighted by Gasteiger charge is -2.35. The molecule has 1 atom stereocenters. The number of aliphatic hydroxyl groups excluding tert-OH is 1. The minimum absolute atomic E-state index is 0.0222. The Hall–Kier alpha value is -3.03. The van der Waals surface area contributed by atoms with Crippen LogP contribution in [0.25, 0.3) is 0 Å². The zero-order valence-electron chi connectivity index (χ0n) is 24.7. The van der Waals surface area contributed by atoms with Crippen LogP contribution in [0.1, 0.15) is 61.4 Å². The zero-order chi connectivity index (χ0) is 30.6. The van der Waals surface area contributed by atoms with Gasteiger partial charge in [0.1, 0.15) is 5.82 Å². The number of fused-ring (bicyclic) bond motifs is 1. The number of halogens is 2. The maximum absolute atomic E-state index is 13.9. The van der Waals surface area contributed by atoms with Crippen LogP contribution in [0.2, 0.25) is 0 Å². The molecular weight excluding hydrogens is 578 g/mol. The summed E-state index contributed by atoms with van der Waals surface area (Å²) in [6, 6.07) is 5.65. The standard InChI is InChI=1S/C30H40F2N6O4S/c1-20(19-39)35-43(41,42)22-3-4-23(24(18-22)37-13-8-29(6-7-29)9-14-37)28(40)34-25-17-21-5-12-36(2)26(21)27(33-25)38-15-10-30(31,32)11-16-38/h3-4,17-18,20,35,39H,5-16,19H2,1-2H3,(H,33,34,40)/t20-/m0/s1. The lowest BCUT2D eigenvalue weighted by molar-refractivity contribution is -0.0221. The molecule has 3 fully saturated rings. The van der Waals surface area contributed by atoms with Gasteiger partial charge < -0.3 is 25.1 Å². The van der Waals surface area contributed by atoms with Gasteiger partial charge in [0.15, 0.2) is 5.82 Å². The molecule has 0 bridgehead atoms. The van der Waals surface area contributed by atoms with Crippen LogP contribution in [0, 0.1) is 5.41 Å². The van der Waals surface area contributed by atoms with Gasteiger partial charge in [0.2, 0.25) is 10.0 Å². The van der Waals surface area contributed by atoms with E-state index in [0.29, 0.717) is 28.3 Å². The van der Waals surface area contributed by atoms with Crippen molar-refractivity contribution in [2.45, 2.75) is 68.7 Å². The normalized spacial score (nSPS) is 21.6. The van der Waals surface area contributed by atoms with E-state index < -0.39 is 27.9 Å². The van der Waals surface area contributed by atoms with Gasteiger partial charge in [0.05, 0.1) is 28.4 Å². The molecule has 1 aliphatic carbocycles. The molecule has 13 heteroatoms. The Morgan fingerprint density at radius 3 is 2.35 bits per heavy atom. The van der Waals surface area contributed by atoms with Gasteiger partial charge in [0, 0.05) is 58.7 Å². The summed E-state index contributed by atoms with van der Waals surface area (Å²) in [4.78, 5) is 24.7. The van der Waals surface area contributed by atoms with E-state index in [1.807, 2.05) is 18.0 Å². The molecule has 1 spiro atoms. The number of aromatic nitrogens is 1. The number of likely N-dealkylation sites (N-methyl/N-ethyl adjacent to an activating group) is 1. The summed E-state index contributed by atoms with van der Waals surface area (Å²) in [7, 11) is -1.97. The molecule has 43 heavy (non-hydrogen) atoms. The fourth-order valence-electron chi connectivity index (χ4n) is 6.50. The number of nitrogens with one attached hydrogen (secondary N) is 2. The lowest BCUT2D eigenvalue weighted by Crippen LogP contribution is -2.40. The number of benzene rings is 1. The summed E-state index contributed by atoms with van der Waals surface area (Å²) in [5.74, 6) is -2.17. The molecule has 234 valence electrons. The molecule has 1 aromatic heterocycles. The zero-order valence-corrected chi connectivity index (χ0v) is 25.5. The SMILES string of the molecule is C[C@@H](CO)NS(=O)(=O)c1ccc(C(=O)Nc2cc3c(c(N4CCC(F)(F)CC4)n2)N(C)CC3)c(N2CCC3(CC2)CC3)c1. The monoisotopic (exact) mass is 618 g/mol. The van der Waals surface area contributed by atoms with Gasteiger partial charge in [-0.3, -0.25) is 4.79 Å². The molecule has 6 rings (SSSR count). The average Bonchev–Trinajstić information content (AvgIpc) is 3.62. The van der Waals surface area contributed by atoms with Crippen LogP contribution in [0.5, 0.6) is 0 Å². The number of piperidine rings is 2. The largest absolute Gasteiger partial charge is 0.395 e. The highest BCUT2D eigenvalue weighted by Crippen LogP contribution is 2.54. The maximum atomic E-state index is 13.9. The van der Waals surface area contributed by atoms with Crippen LogP contribution >= 0.6 is 0 Å². The Labute approximate surface area is 251 Å². The van der Waals surface area contributed by atoms with Gasteiger partial charge in [-0.2, -0.15) is 0 Å². The van der Waals surface area contributed by atoms with Crippen molar-refractivity contribution in [3.05, 3.63) is 35.4 Å². The highest BCUT2D eigenvalue weighted by molar-refractivity contribution is 7.89. The molecule has 0 unspecified atom stereocenters. The minimum atomic E-state index is -3.93. The molecule has 2 aromatic rings. The first-order valence-corrected chi connectivity index (χ1v) is 16.6. The molecule has 2 saturated heterocycles. The third-order valence-corrected chi connectivity index (χ3v) is 11.1. The summed E-state index contributed by atoms with van der Waals surface area (Å²) >= 11 is 0. The third kappa shape index (κ3) is 6.16. The second kappa shape index (κ2) is 11.2. The molecule has 4 heterocycles. The number of hydrogen-bond donors (Lipinski definition) is 3. The van der Waals surface area contributed by atoms with Gasteiger partial charge in [-0.15, -0.1) is 0 Å². The smallest absolute Gasteiger partial charge is 0.258 e. The minimum Gasteiger partial charge on any atom is -0.395 e. The molecule has 0 radical (unpaired) electrons. The fourth-order valence-corrected chi connectivity index (χ4v) is 7.75. The predicted octanol–water partition coefficient (Wildman–Crippen LogP) is 3.60. The van der Waals surface area contributed by atoms with Crippen LogP contribution in [0.3, 0.4) is 0 Å². The fraction of sp³-hybridized carbons (Fsp3) is 0.600. The molecule has 3 N–H and O–H groups in total. The molecule has 4 aliphatic rings. The lowest BCUT2D eigenvalue weighted by atomic mass is 9.93. The van der Waals surface area contributed by atoms with E-state index in [4.69, 9.17) is 4.98 Å².